The first-order valence-electron chi connectivity index (χ1n) is 9.77. The van der Waals surface area contributed by atoms with Gasteiger partial charge in [0.2, 0.25) is 0 Å². The van der Waals surface area contributed by atoms with Crippen LogP contribution in [0.1, 0.15) is 43.5 Å². The maximum atomic E-state index is 12.1. The third-order valence-electron chi connectivity index (χ3n) is 4.41. The molecule has 0 radical (unpaired) electrons. The first-order valence-corrected chi connectivity index (χ1v) is 9.77. The van der Waals surface area contributed by atoms with Crippen molar-refractivity contribution in [2.45, 2.75) is 45.3 Å². The fourth-order valence-corrected chi connectivity index (χ4v) is 2.93. The normalized spacial score (nSPS) is 16.9. The molecule has 1 aliphatic rings. The molecule has 1 N–H and O–H groups in total. The molecule has 0 saturated carbocycles. The van der Waals surface area contributed by atoms with Crippen molar-refractivity contribution >= 4 is 17.8 Å². The number of benzene rings is 1. The Morgan fingerprint density at radius 2 is 1.93 bits per heavy atom. The quantitative estimate of drug-likeness (QED) is 0.593. The van der Waals surface area contributed by atoms with Gasteiger partial charge in [0.1, 0.15) is 18.4 Å². The molecule has 2 atom stereocenters. The molecular formula is C21H29NO7. The highest BCUT2D eigenvalue weighted by Crippen LogP contribution is 2.17. The first-order chi connectivity index (χ1) is 13.9. The van der Waals surface area contributed by atoms with Crippen molar-refractivity contribution < 1.29 is 33.3 Å². The molecule has 2 rings (SSSR count). The third kappa shape index (κ3) is 7.73. The molecule has 1 saturated heterocycles. The van der Waals surface area contributed by atoms with E-state index in [1.54, 1.807) is 24.3 Å². The molecule has 0 unspecified atom stereocenters. The van der Waals surface area contributed by atoms with E-state index in [9.17, 15) is 14.4 Å². The number of methoxy groups -OCH3 is 1. The minimum atomic E-state index is -0.772. The van der Waals surface area contributed by atoms with Crippen LogP contribution in [-0.2, 0) is 23.8 Å². The van der Waals surface area contributed by atoms with Crippen LogP contribution in [0.25, 0.3) is 0 Å². The summed E-state index contributed by atoms with van der Waals surface area (Å²) in [5, 5.41) is 2.54. The largest absolute Gasteiger partial charge is 0.491 e. The number of carbonyl (C=O) groups is 3. The first kappa shape index (κ1) is 22.7. The van der Waals surface area contributed by atoms with E-state index in [0.717, 1.165) is 19.4 Å². The van der Waals surface area contributed by atoms with Crippen LogP contribution in [0.15, 0.2) is 24.3 Å². The Bertz CT molecular complexity index is 681. The molecule has 1 amide bonds. The Balaban J connectivity index is 1.78. The lowest BCUT2D eigenvalue weighted by molar-refractivity contribution is -0.145. The van der Waals surface area contributed by atoms with Crippen molar-refractivity contribution in [3.8, 4) is 5.75 Å². The number of amides is 1. The van der Waals surface area contributed by atoms with Crippen molar-refractivity contribution in [3.63, 3.8) is 0 Å². The maximum absolute atomic E-state index is 12.1. The van der Waals surface area contributed by atoms with Crippen LogP contribution in [0.5, 0.6) is 5.75 Å². The zero-order valence-electron chi connectivity index (χ0n) is 17.1. The van der Waals surface area contributed by atoms with E-state index in [-0.39, 0.29) is 12.0 Å². The lowest BCUT2D eigenvalue weighted by Crippen LogP contribution is -2.44. The van der Waals surface area contributed by atoms with Crippen LogP contribution >= 0.6 is 0 Å². The van der Waals surface area contributed by atoms with Crippen LogP contribution in [0.3, 0.4) is 0 Å². The Labute approximate surface area is 170 Å². The molecule has 0 bridgehead atoms. The summed E-state index contributed by atoms with van der Waals surface area (Å²) >= 11 is 0. The topological polar surface area (TPSA) is 100 Å². The second-order valence-electron chi connectivity index (χ2n) is 7.32. The monoisotopic (exact) mass is 407 g/mol. The van der Waals surface area contributed by atoms with Crippen LogP contribution in [-0.4, -0.2) is 56.9 Å². The Morgan fingerprint density at radius 3 is 2.52 bits per heavy atom. The Hall–Kier alpha value is -2.61. The molecule has 0 aliphatic carbocycles. The van der Waals surface area contributed by atoms with Gasteiger partial charge in [-0.15, -0.1) is 0 Å². The predicted octanol–water partition coefficient (Wildman–Crippen LogP) is 2.11. The summed E-state index contributed by atoms with van der Waals surface area (Å²) in [5.41, 5.74) is 0.300. The SMILES string of the molecule is COC(=O)[C@@H](CC(C)C)NC(=O)COC(=O)c1ccc(OC[C@@H]2CCCO2)cc1. The summed E-state index contributed by atoms with van der Waals surface area (Å²) in [7, 11) is 1.26. The highest BCUT2D eigenvalue weighted by molar-refractivity contribution is 5.92. The molecule has 29 heavy (non-hydrogen) atoms. The zero-order valence-corrected chi connectivity index (χ0v) is 17.1. The molecule has 8 nitrogen and oxygen atoms in total. The van der Waals surface area contributed by atoms with Crippen molar-refractivity contribution in [2.75, 3.05) is 26.9 Å². The Morgan fingerprint density at radius 1 is 1.21 bits per heavy atom. The number of esters is 2. The summed E-state index contributed by atoms with van der Waals surface area (Å²) in [6, 6.07) is 5.71. The molecule has 1 fully saturated rings. The second kappa shape index (κ2) is 11.4. The van der Waals surface area contributed by atoms with Crippen molar-refractivity contribution in [2.24, 2.45) is 5.92 Å². The van der Waals surface area contributed by atoms with Gasteiger partial charge < -0.3 is 24.3 Å². The number of nitrogens with one attached hydrogen (secondary N) is 1. The molecule has 8 heteroatoms. The number of carbonyl (C=O) groups excluding carboxylic acids is 3. The van der Waals surface area contributed by atoms with Gasteiger partial charge in [0.25, 0.3) is 5.91 Å². The smallest absolute Gasteiger partial charge is 0.338 e. The molecule has 160 valence electrons. The van der Waals surface area contributed by atoms with E-state index in [0.29, 0.717) is 24.3 Å². The van der Waals surface area contributed by atoms with Crippen LogP contribution in [0, 0.1) is 5.92 Å². The van der Waals surface area contributed by atoms with Gasteiger partial charge in [-0.25, -0.2) is 9.59 Å². The summed E-state index contributed by atoms with van der Waals surface area (Å²) < 4.78 is 20.9. The lowest BCUT2D eigenvalue weighted by atomic mass is 10.0. The van der Waals surface area contributed by atoms with Gasteiger partial charge >= 0.3 is 11.9 Å². The fourth-order valence-electron chi connectivity index (χ4n) is 2.93. The van der Waals surface area contributed by atoms with E-state index in [2.05, 4.69) is 5.32 Å². The van der Waals surface area contributed by atoms with Crippen LogP contribution < -0.4 is 10.1 Å². The summed E-state index contributed by atoms with van der Waals surface area (Å²) in [6.45, 7) is 4.61. The van der Waals surface area contributed by atoms with E-state index in [1.807, 2.05) is 13.8 Å². The minimum Gasteiger partial charge on any atom is -0.491 e. The van der Waals surface area contributed by atoms with Gasteiger partial charge in [-0.1, -0.05) is 13.8 Å². The highest BCUT2D eigenvalue weighted by atomic mass is 16.5. The van der Waals surface area contributed by atoms with Gasteiger partial charge in [-0.2, -0.15) is 0 Å². The molecule has 0 spiro atoms. The average Bonchev–Trinajstić information content (AvgIpc) is 3.23. The lowest BCUT2D eigenvalue weighted by Gasteiger charge is -2.18. The van der Waals surface area contributed by atoms with Gasteiger partial charge in [-0.3, -0.25) is 4.79 Å². The third-order valence-corrected chi connectivity index (χ3v) is 4.41. The van der Waals surface area contributed by atoms with Crippen molar-refractivity contribution in [1.29, 1.82) is 0 Å². The molecule has 1 heterocycles. The summed E-state index contributed by atoms with van der Waals surface area (Å²) in [4.78, 5) is 35.9. The molecule has 1 aliphatic heterocycles. The summed E-state index contributed by atoms with van der Waals surface area (Å²) in [5.74, 6) is -0.917. The second-order valence-corrected chi connectivity index (χ2v) is 7.32. The number of rotatable bonds is 10. The van der Waals surface area contributed by atoms with Gasteiger partial charge in [0, 0.05) is 6.61 Å². The van der Waals surface area contributed by atoms with Gasteiger partial charge in [-0.05, 0) is 49.4 Å². The minimum absolute atomic E-state index is 0.114. The zero-order chi connectivity index (χ0) is 21.2. The van der Waals surface area contributed by atoms with E-state index in [4.69, 9.17) is 18.9 Å². The predicted molar refractivity (Wildman–Crippen MR) is 105 cm³/mol. The number of ether oxygens (including phenoxy) is 4. The van der Waals surface area contributed by atoms with Gasteiger partial charge in [0.15, 0.2) is 6.61 Å². The fraction of sp³-hybridized carbons (Fsp3) is 0.571. The van der Waals surface area contributed by atoms with Crippen molar-refractivity contribution in [3.05, 3.63) is 29.8 Å². The van der Waals surface area contributed by atoms with Crippen molar-refractivity contribution in [1.82, 2.24) is 5.32 Å². The van der Waals surface area contributed by atoms with Crippen LogP contribution in [0.2, 0.25) is 0 Å². The number of hydrogen-bond donors (Lipinski definition) is 1. The summed E-state index contributed by atoms with van der Waals surface area (Å²) in [6.07, 6.45) is 2.58. The molecule has 1 aromatic rings. The number of hydrogen-bond acceptors (Lipinski definition) is 7. The highest BCUT2D eigenvalue weighted by Gasteiger charge is 2.23. The Kier molecular flexibility index (Phi) is 8.92. The van der Waals surface area contributed by atoms with E-state index >= 15 is 0 Å². The average molecular weight is 407 g/mol. The molecule has 0 aromatic heterocycles. The van der Waals surface area contributed by atoms with Gasteiger partial charge in [0.05, 0.1) is 18.8 Å². The van der Waals surface area contributed by atoms with Crippen LogP contribution in [0.4, 0.5) is 0 Å². The molecular weight excluding hydrogens is 378 g/mol. The molecule has 1 aromatic carbocycles. The maximum Gasteiger partial charge on any atom is 0.338 e. The van der Waals surface area contributed by atoms with E-state index in [1.165, 1.54) is 7.11 Å². The standard InChI is InChI=1S/C21H29NO7/c1-14(2)11-18(21(25)26-3)22-19(23)13-29-20(24)15-6-8-16(9-7-15)28-12-17-5-4-10-27-17/h6-9,14,17-18H,4-5,10-13H2,1-3H3,(H,22,23)/t17-,18+/m0/s1. The van der Waals surface area contributed by atoms with E-state index < -0.39 is 30.5 Å².